The lowest BCUT2D eigenvalue weighted by atomic mass is 10.1. The van der Waals surface area contributed by atoms with Crippen LogP contribution in [-0.2, 0) is 4.79 Å². The SMILES string of the molecule is CN(C)C(=O)CN1CCN(C(=O)c2ccccc2-c2ncc(-c3ccccc3)o2)CC1. The van der Waals surface area contributed by atoms with E-state index in [4.69, 9.17) is 4.42 Å². The monoisotopic (exact) mass is 418 g/mol. The molecule has 1 aromatic heterocycles. The first-order valence-electron chi connectivity index (χ1n) is 10.4. The zero-order chi connectivity index (χ0) is 21.8. The van der Waals surface area contributed by atoms with E-state index >= 15 is 0 Å². The second kappa shape index (κ2) is 9.14. The quantitative estimate of drug-likeness (QED) is 0.637. The van der Waals surface area contributed by atoms with E-state index in [1.54, 1.807) is 25.2 Å². The van der Waals surface area contributed by atoms with Crippen molar-refractivity contribution in [1.29, 1.82) is 0 Å². The van der Waals surface area contributed by atoms with Crippen molar-refractivity contribution in [3.8, 4) is 22.8 Å². The van der Waals surface area contributed by atoms with Crippen LogP contribution < -0.4 is 0 Å². The summed E-state index contributed by atoms with van der Waals surface area (Å²) in [6.45, 7) is 2.88. The van der Waals surface area contributed by atoms with Crippen LogP contribution in [0.1, 0.15) is 10.4 Å². The van der Waals surface area contributed by atoms with E-state index in [-0.39, 0.29) is 11.8 Å². The molecule has 160 valence electrons. The second-order valence-electron chi connectivity index (χ2n) is 7.80. The maximum atomic E-state index is 13.3. The first-order chi connectivity index (χ1) is 15.0. The molecule has 0 atom stereocenters. The van der Waals surface area contributed by atoms with E-state index in [0.29, 0.717) is 55.5 Å². The molecule has 7 heteroatoms. The number of likely N-dealkylation sites (N-methyl/N-ethyl adjacent to an activating group) is 1. The molecule has 2 amide bonds. The highest BCUT2D eigenvalue weighted by Crippen LogP contribution is 2.29. The Hall–Kier alpha value is -3.45. The molecule has 7 nitrogen and oxygen atoms in total. The molecule has 0 aliphatic carbocycles. The minimum absolute atomic E-state index is 0.0475. The minimum atomic E-state index is -0.0475. The maximum absolute atomic E-state index is 13.3. The third-order valence-electron chi connectivity index (χ3n) is 5.47. The number of piperazine rings is 1. The van der Waals surface area contributed by atoms with Crippen molar-refractivity contribution < 1.29 is 14.0 Å². The fourth-order valence-corrected chi connectivity index (χ4v) is 3.60. The first-order valence-corrected chi connectivity index (χ1v) is 10.4. The largest absolute Gasteiger partial charge is 0.436 e. The molecule has 31 heavy (non-hydrogen) atoms. The van der Waals surface area contributed by atoms with Crippen molar-refractivity contribution >= 4 is 11.8 Å². The third kappa shape index (κ3) is 4.67. The number of benzene rings is 2. The van der Waals surface area contributed by atoms with Crippen molar-refractivity contribution in [2.75, 3.05) is 46.8 Å². The summed E-state index contributed by atoms with van der Waals surface area (Å²) < 4.78 is 5.98. The minimum Gasteiger partial charge on any atom is -0.436 e. The number of hydrogen-bond acceptors (Lipinski definition) is 5. The van der Waals surface area contributed by atoms with Gasteiger partial charge in [-0.25, -0.2) is 4.98 Å². The standard InChI is InChI=1S/C24H26N4O3/c1-26(2)22(29)17-27-12-14-28(15-13-27)24(30)20-11-7-6-10-19(20)23-25-16-21(31-23)18-8-4-3-5-9-18/h3-11,16H,12-15,17H2,1-2H3. The van der Waals surface area contributed by atoms with Gasteiger partial charge in [0.1, 0.15) is 0 Å². The van der Waals surface area contributed by atoms with Gasteiger partial charge >= 0.3 is 0 Å². The maximum Gasteiger partial charge on any atom is 0.254 e. The number of amides is 2. The van der Waals surface area contributed by atoms with Crippen LogP contribution in [0.15, 0.2) is 65.2 Å². The van der Waals surface area contributed by atoms with Gasteiger partial charge in [0.25, 0.3) is 5.91 Å². The molecule has 1 saturated heterocycles. The van der Waals surface area contributed by atoms with Crippen LogP contribution >= 0.6 is 0 Å². The molecule has 2 heterocycles. The van der Waals surface area contributed by atoms with Gasteiger partial charge in [0, 0.05) is 51.4 Å². The van der Waals surface area contributed by atoms with E-state index in [2.05, 4.69) is 9.88 Å². The summed E-state index contributed by atoms with van der Waals surface area (Å²) in [5.41, 5.74) is 2.19. The third-order valence-corrected chi connectivity index (χ3v) is 5.47. The molecule has 0 bridgehead atoms. The average molecular weight is 418 g/mol. The highest BCUT2D eigenvalue weighted by Gasteiger charge is 2.26. The van der Waals surface area contributed by atoms with Crippen LogP contribution in [0.25, 0.3) is 22.8 Å². The fraction of sp³-hybridized carbons (Fsp3) is 0.292. The number of aromatic nitrogens is 1. The number of hydrogen-bond donors (Lipinski definition) is 0. The molecule has 0 radical (unpaired) electrons. The molecule has 0 spiro atoms. The summed E-state index contributed by atoms with van der Waals surface area (Å²) in [5.74, 6) is 1.12. The predicted octanol–water partition coefficient (Wildman–Crippen LogP) is 2.85. The highest BCUT2D eigenvalue weighted by molar-refractivity contribution is 6.00. The Kier molecular flexibility index (Phi) is 6.13. The Labute approximate surface area is 181 Å². The smallest absolute Gasteiger partial charge is 0.254 e. The number of oxazole rings is 1. The van der Waals surface area contributed by atoms with Crippen LogP contribution in [0.3, 0.4) is 0 Å². The zero-order valence-electron chi connectivity index (χ0n) is 17.8. The van der Waals surface area contributed by atoms with Gasteiger partial charge in [-0.05, 0) is 12.1 Å². The van der Waals surface area contributed by atoms with Gasteiger partial charge in [-0.2, -0.15) is 0 Å². The van der Waals surface area contributed by atoms with Gasteiger partial charge in [-0.1, -0.05) is 42.5 Å². The Morgan fingerprint density at radius 3 is 2.35 bits per heavy atom. The van der Waals surface area contributed by atoms with Crippen LogP contribution in [0.2, 0.25) is 0 Å². The summed E-state index contributed by atoms with van der Waals surface area (Å²) in [6, 6.07) is 17.2. The van der Waals surface area contributed by atoms with Gasteiger partial charge in [-0.15, -0.1) is 0 Å². The van der Waals surface area contributed by atoms with Gasteiger partial charge < -0.3 is 14.2 Å². The topological polar surface area (TPSA) is 69.9 Å². The van der Waals surface area contributed by atoms with Crippen LogP contribution in [-0.4, -0.2) is 78.3 Å². The zero-order valence-corrected chi connectivity index (χ0v) is 17.8. The van der Waals surface area contributed by atoms with Crippen molar-refractivity contribution in [2.45, 2.75) is 0 Å². The summed E-state index contributed by atoms with van der Waals surface area (Å²) in [4.78, 5) is 35.1. The molecular formula is C24H26N4O3. The Bertz CT molecular complexity index is 1050. The summed E-state index contributed by atoms with van der Waals surface area (Å²) >= 11 is 0. The normalized spacial score (nSPS) is 14.5. The van der Waals surface area contributed by atoms with Crippen molar-refractivity contribution in [1.82, 2.24) is 19.7 Å². The van der Waals surface area contributed by atoms with Crippen molar-refractivity contribution in [3.05, 3.63) is 66.4 Å². The number of carbonyl (C=O) groups excluding carboxylic acids is 2. The van der Waals surface area contributed by atoms with E-state index < -0.39 is 0 Å². The van der Waals surface area contributed by atoms with Crippen molar-refractivity contribution in [3.63, 3.8) is 0 Å². The molecule has 2 aromatic carbocycles. The molecule has 1 aliphatic rings. The van der Waals surface area contributed by atoms with Gasteiger partial charge in [0.15, 0.2) is 5.76 Å². The summed E-state index contributed by atoms with van der Waals surface area (Å²) in [5, 5.41) is 0. The highest BCUT2D eigenvalue weighted by atomic mass is 16.4. The van der Waals surface area contributed by atoms with Crippen molar-refractivity contribution in [2.24, 2.45) is 0 Å². The lowest BCUT2D eigenvalue weighted by Gasteiger charge is -2.35. The second-order valence-corrected chi connectivity index (χ2v) is 7.80. The van der Waals surface area contributed by atoms with Gasteiger partial charge in [0.05, 0.1) is 18.3 Å². The first kappa shape index (κ1) is 20.8. The molecule has 0 saturated carbocycles. The lowest BCUT2D eigenvalue weighted by Crippen LogP contribution is -2.51. The Morgan fingerprint density at radius 1 is 0.968 bits per heavy atom. The van der Waals surface area contributed by atoms with Crippen LogP contribution in [0, 0.1) is 0 Å². The van der Waals surface area contributed by atoms with Gasteiger partial charge in [0.2, 0.25) is 11.8 Å². The van der Waals surface area contributed by atoms with Crippen LogP contribution in [0.4, 0.5) is 0 Å². The molecule has 0 N–H and O–H groups in total. The number of rotatable bonds is 5. The van der Waals surface area contributed by atoms with E-state index in [0.717, 1.165) is 5.56 Å². The number of nitrogens with zero attached hydrogens (tertiary/aromatic N) is 4. The molecule has 3 aromatic rings. The van der Waals surface area contributed by atoms with Gasteiger partial charge in [-0.3, -0.25) is 14.5 Å². The molecule has 1 fully saturated rings. The fourth-order valence-electron chi connectivity index (χ4n) is 3.60. The molecule has 0 unspecified atom stereocenters. The van der Waals surface area contributed by atoms with Crippen LogP contribution in [0.5, 0.6) is 0 Å². The van der Waals surface area contributed by atoms with E-state index in [1.165, 1.54) is 0 Å². The predicted molar refractivity (Wildman–Crippen MR) is 118 cm³/mol. The summed E-state index contributed by atoms with van der Waals surface area (Å²) in [7, 11) is 3.51. The Morgan fingerprint density at radius 2 is 1.65 bits per heavy atom. The molecular weight excluding hydrogens is 392 g/mol. The lowest BCUT2D eigenvalue weighted by molar-refractivity contribution is -0.130. The van der Waals surface area contributed by atoms with E-state index in [1.807, 2.05) is 59.5 Å². The Balaban J connectivity index is 1.49. The summed E-state index contributed by atoms with van der Waals surface area (Å²) in [6.07, 6.45) is 1.69. The number of carbonyl (C=O) groups is 2. The van der Waals surface area contributed by atoms with E-state index in [9.17, 15) is 9.59 Å². The average Bonchev–Trinajstić information content (AvgIpc) is 3.30. The molecule has 4 rings (SSSR count). The molecule has 1 aliphatic heterocycles.